The minimum absolute atomic E-state index is 0. The molecule has 1 aliphatic rings. The third kappa shape index (κ3) is 8.99. The molecule has 1 atom stereocenters. The largest absolute Gasteiger partial charge is 0.356 e. The van der Waals surface area contributed by atoms with Crippen molar-refractivity contribution in [2.45, 2.75) is 45.4 Å². The summed E-state index contributed by atoms with van der Waals surface area (Å²) in [7, 11) is 1.80. The summed E-state index contributed by atoms with van der Waals surface area (Å²) < 4.78 is 0. The third-order valence-electron chi connectivity index (χ3n) is 6.17. The number of carbonyl (C=O) groups is 1. The summed E-state index contributed by atoms with van der Waals surface area (Å²) >= 11 is 0. The summed E-state index contributed by atoms with van der Waals surface area (Å²) in [6.45, 7) is 7.71. The Morgan fingerprint density at radius 2 is 1.73 bits per heavy atom. The molecular weight excluding hydrogens is 523 g/mol. The van der Waals surface area contributed by atoms with Crippen LogP contribution in [0.2, 0.25) is 0 Å². The predicted octanol–water partition coefficient (Wildman–Crippen LogP) is 4.62. The van der Waals surface area contributed by atoms with E-state index in [0.29, 0.717) is 18.3 Å². The average molecular weight is 563 g/mol. The summed E-state index contributed by atoms with van der Waals surface area (Å²) in [5.41, 5.74) is 4.04. The minimum atomic E-state index is 0. The first-order chi connectivity index (χ1) is 15.5. The summed E-state index contributed by atoms with van der Waals surface area (Å²) in [6.07, 6.45) is 3.63. The molecule has 2 aromatic rings. The molecule has 0 spiro atoms. The van der Waals surface area contributed by atoms with Gasteiger partial charge in [-0.15, -0.1) is 24.0 Å². The number of likely N-dealkylation sites (tertiary alicyclic amines) is 1. The molecule has 1 heterocycles. The van der Waals surface area contributed by atoms with Gasteiger partial charge >= 0.3 is 0 Å². The van der Waals surface area contributed by atoms with Crippen molar-refractivity contribution < 1.29 is 4.79 Å². The smallest absolute Gasteiger partial charge is 0.223 e. The number of aryl methyl sites for hydroxylation is 1. The number of aliphatic imine (C=N–C) groups is 1. The summed E-state index contributed by atoms with van der Waals surface area (Å²) in [5, 5.41) is 6.81. The lowest BCUT2D eigenvalue weighted by Crippen LogP contribution is -2.40. The van der Waals surface area contributed by atoms with Crippen LogP contribution in [0, 0.1) is 5.92 Å². The van der Waals surface area contributed by atoms with Crippen LogP contribution < -0.4 is 10.6 Å². The first kappa shape index (κ1) is 27.2. The van der Waals surface area contributed by atoms with Crippen LogP contribution in [0.4, 0.5) is 0 Å². The number of nitrogens with one attached hydrogen (secondary N) is 2. The number of guanidine groups is 1. The van der Waals surface area contributed by atoms with Gasteiger partial charge in [0.25, 0.3) is 0 Å². The first-order valence-electron chi connectivity index (χ1n) is 11.9. The van der Waals surface area contributed by atoms with E-state index in [9.17, 15) is 4.79 Å². The Bertz CT molecular complexity index is 867. The van der Waals surface area contributed by atoms with Crippen LogP contribution >= 0.6 is 24.0 Å². The van der Waals surface area contributed by atoms with Crippen molar-refractivity contribution in [3.63, 3.8) is 0 Å². The number of benzene rings is 2. The molecule has 180 valence electrons. The van der Waals surface area contributed by atoms with E-state index in [4.69, 9.17) is 0 Å². The maximum Gasteiger partial charge on any atom is 0.223 e. The van der Waals surface area contributed by atoms with E-state index < -0.39 is 0 Å². The highest BCUT2D eigenvalue weighted by molar-refractivity contribution is 14.0. The van der Waals surface area contributed by atoms with Crippen LogP contribution in [0.1, 0.15) is 49.3 Å². The Hall–Kier alpha value is -2.09. The number of amides is 1. The van der Waals surface area contributed by atoms with Gasteiger partial charge in [0.15, 0.2) is 5.96 Å². The van der Waals surface area contributed by atoms with Crippen LogP contribution in [0.25, 0.3) is 0 Å². The maximum absolute atomic E-state index is 12.4. The zero-order valence-corrected chi connectivity index (χ0v) is 22.5. The Morgan fingerprint density at radius 3 is 2.39 bits per heavy atom. The molecule has 2 aromatic carbocycles. The fourth-order valence-electron chi connectivity index (χ4n) is 4.15. The number of halogens is 1. The minimum Gasteiger partial charge on any atom is -0.356 e. The molecule has 0 aromatic heterocycles. The molecule has 0 saturated carbocycles. The Labute approximate surface area is 216 Å². The fraction of sp³-hybridized carbons (Fsp3) is 0.481. The summed E-state index contributed by atoms with van der Waals surface area (Å²) in [6, 6.07) is 19.3. The van der Waals surface area contributed by atoms with E-state index >= 15 is 0 Å². The molecule has 33 heavy (non-hydrogen) atoms. The highest BCUT2D eigenvalue weighted by atomic mass is 127. The van der Waals surface area contributed by atoms with E-state index in [0.717, 1.165) is 51.4 Å². The molecule has 0 radical (unpaired) electrons. The molecule has 6 heteroatoms. The monoisotopic (exact) mass is 562 g/mol. The van der Waals surface area contributed by atoms with Gasteiger partial charge in [-0.25, -0.2) is 0 Å². The number of rotatable bonds is 10. The molecule has 1 unspecified atom stereocenters. The molecule has 3 rings (SSSR count). The highest BCUT2D eigenvalue weighted by Gasteiger charge is 2.29. The second-order valence-electron chi connectivity index (χ2n) is 9.03. The molecule has 2 N–H and O–H groups in total. The van der Waals surface area contributed by atoms with E-state index in [1.807, 2.05) is 11.0 Å². The topological polar surface area (TPSA) is 56.7 Å². The standard InChI is InChI=1S/C27H38N4O.HI/c1-21(2)25-13-11-23(12-14-25)10-7-16-29-27(28-3)30-19-24-18-26(32)31(20-24)17-15-22-8-5-4-6-9-22;/h4-6,8-9,11-14,21,24H,7,10,15-20H2,1-3H3,(H2,28,29,30);1H. The molecule has 1 amide bonds. The number of carbonyl (C=O) groups excluding carboxylic acids is 1. The quantitative estimate of drug-likeness (QED) is 0.193. The Balaban J connectivity index is 0.00000385. The molecule has 5 nitrogen and oxygen atoms in total. The van der Waals surface area contributed by atoms with E-state index in [1.165, 1.54) is 16.7 Å². The molecule has 1 saturated heterocycles. The average Bonchev–Trinajstić information content (AvgIpc) is 3.17. The van der Waals surface area contributed by atoms with Gasteiger partial charge in [-0.05, 0) is 41.9 Å². The van der Waals surface area contributed by atoms with Crippen molar-refractivity contribution in [3.8, 4) is 0 Å². The zero-order valence-electron chi connectivity index (χ0n) is 20.2. The van der Waals surface area contributed by atoms with Gasteiger partial charge in [-0.1, -0.05) is 68.4 Å². The van der Waals surface area contributed by atoms with E-state index in [-0.39, 0.29) is 29.9 Å². The predicted molar refractivity (Wildman–Crippen MR) is 148 cm³/mol. The van der Waals surface area contributed by atoms with Gasteiger partial charge in [-0.3, -0.25) is 9.79 Å². The second-order valence-corrected chi connectivity index (χ2v) is 9.03. The molecule has 0 aliphatic carbocycles. The molecule has 0 bridgehead atoms. The second kappa shape index (κ2) is 14.2. The van der Waals surface area contributed by atoms with Crippen molar-refractivity contribution in [1.29, 1.82) is 0 Å². The van der Waals surface area contributed by atoms with Crippen molar-refractivity contribution >= 4 is 35.8 Å². The van der Waals surface area contributed by atoms with Crippen LogP contribution in [-0.4, -0.2) is 50.0 Å². The van der Waals surface area contributed by atoms with Crippen molar-refractivity contribution in [2.75, 3.05) is 33.2 Å². The SMILES string of the molecule is CN=C(NCCCc1ccc(C(C)C)cc1)NCC1CC(=O)N(CCc2ccccc2)C1.I. The summed E-state index contributed by atoms with van der Waals surface area (Å²) in [5.74, 6) is 1.98. The van der Waals surface area contributed by atoms with Crippen molar-refractivity contribution in [2.24, 2.45) is 10.9 Å². The number of nitrogens with zero attached hydrogens (tertiary/aromatic N) is 2. The molecular formula is C27H39IN4O. The van der Waals surface area contributed by atoms with E-state index in [1.54, 1.807) is 7.05 Å². The molecule has 1 aliphatic heterocycles. The van der Waals surface area contributed by atoms with Crippen LogP contribution in [-0.2, 0) is 17.6 Å². The maximum atomic E-state index is 12.4. The van der Waals surface area contributed by atoms with Crippen LogP contribution in [0.3, 0.4) is 0 Å². The third-order valence-corrected chi connectivity index (χ3v) is 6.17. The Morgan fingerprint density at radius 1 is 1.03 bits per heavy atom. The van der Waals surface area contributed by atoms with E-state index in [2.05, 4.69) is 78.0 Å². The lowest BCUT2D eigenvalue weighted by atomic mass is 10.0. The fourth-order valence-corrected chi connectivity index (χ4v) is 4.15. The van der Waals surface area contributed by atoms with Crippen LogP contribution in [0.15, 0.2) is 59.6 Å². The van der Waals surface area contributed by atoms with Crippen molar-refractivity contribution in [1.82, 2.24) is 15.5 Å². The summed E-state index contributed by atoms with van der Waals surface area (Å²) in [4.78, 5) is 18.7. The molecule has 1 fully saturated rings. The lowest BCUT2D eigenvalue weighted by molar-refractivity contribution is -0.127. The highest BCUT2D eigenvalue weighted by Crippen LogP contribution is 2.18. The lowest BCUT2D eigenvalue weighted by Gasteiger charge is -2.18. The van der Waals surface area contributed by atoms with Gasteiger partial charge in [0.1, 0.15) is 0 Å². The van der Waals surface area contributed by atoms with Gasteiger partial charge in [-0.2, -0.15) is 0 Å². The zero-order chi connectivity index (χ0) is 22.8. The normalized spacial score (nSPS) is 16.1. The van der Waals surface area contributed by atoms with Gasteiger partial charge in [0.05, 0.1) is 0 Å². The number of hydrogen-bond donors (Lipinski definition) is 2. The first-order valence-corrected chi connectivity index (χ1v) is 11.9. The number of hydrogen-bond acceptors (Lipinski definition) is 2. The van der Waals surface area contributed by atoms with Gasteiger partial charge in [0.2, 0.25) is 5.91 Å². The van der Waals surface area contributed by atoms with Gasteiger partial charge in [0, 0.05) is 45.6 Å². The van der Waals surface area contributed by atoms with Gasteiger partial charge < -0.3 is 15.5 Å². The van der Waals surface area contributed by atoms with Crippen LogP contribution in [0.5, 0.6) is 0 Å². The van der Waals surface area contributed by atoms with Crippen molar-refractivity contribution in [3.05, 3.63) is 71.3 Å². The Kier molecular flexibility index (Phi) is 11.7.